The van der Waals surface area contributed by atoms with Crippen LogP contribution in [0.5, 0.6) is 5.75 Å². The SMILES string of the molecule is C=CCn1c(=NC(=O)c2ccc3ncsc3c2)sc2cccc(OCC)c21. The number of allylic oxidation sites excluding steroid dienone is 1. The summed E-state index contributed by atoms with van der Waals surface area (Å²) in [6, 6.07) is 11.4. The second kappa shape index (κ2) is 7.46. The van der Waals surface area contributed by atoms with Crippen molar-refractivity contribution in [2.45, 2.75) is 13.5 Å². The van der Waals surface area contributed by atoms with Gasteiger partial charge in [-0.3, -0.25) is 4.79 Å². The molecule has 1 amide bonds. The van der Waals surface area contributed by atoms with Crippen LogP contribution in [0, 0.1) is 0 Å². The highest BCUT2D eigenvalue weighted by Crippen LogP contribution is 2.28. The Bertz CT molecular complexity index is 1220. The first kappa shape index (κ1) is 17.6. The topological polar surface area (TPSA) is 56.5 Å². The van der Waals surface area contributed by atoms with Gasteiger partial charge < -0.3 is 9.30 Å². The summed E-state index contributed by atoms with van der Waals surface area (Å²) >= 11 is 2.98. The van der Waals surface area contributed by atoms with Crippen molar-refractivity contribution in [2.24, 2.45) is 4.99 Å². The van der Waals surface area contributed by atoms with Gasteiger partial charge in [0.15, 0.2) is 4.80 Å². The number of nitrogens with zero attached hydrogens (tertiary/aromatic N) is 3. The van der Waals surface area contributed by atoms with Crippen LogP contribution in [0.15, 0.2) is 59.6 Å². The van der Waals surface area contributed by atoms with Crippen molar-refractivity contribution in [1.29, 1.82) is 0 Å². The van der Waals surface area contributed by atoms with E-state index in [4.69, 9.17) is 4.74 Å². The van der Waals surface area contributed by atoms with Crippen LogP contribution >= 0.6 is 22.7 Å². The summed E-state index contributed by atoms with van der Waals surface area (Å²) in [5.74, 6) is 0.515. The lowest BCUT2D eigenvalue weighted by molar-refractivity contribution is 0.0998. The molecular weight excluding hydrogens is 378 g/mol. The molecule has 0 aliphatic heterocycles. The molecular formula is C20H17N3O2S2. The number of thiazole rings is 2. The first-order chi connectivity index (χ1) is 13.2. The van der Waals surface area contributed by atoms with Gasteiger partial charge in [-0.05, 0) is 37.3 Å². The van der Waals surface area contributed by atoms with Gasteiger partial charge in [0, 0.05) is 12.1 Å². The zero-order chi connectivity index (χ0) is 18.8. The van der Waals surface area contributed by atoms with Crippen molar-refractivity contribution >= 4 is 49.0 Å². The molecule has 5 nitrogen and oxygen atoms in total. The maximum absolute atomic E-state index is 12.8. The van der Waals surface area contributed by atoms with Crippen molar-refractivity contribution in [3.8, 4) is 5.75 Å². The molecule has 4 rings (SSSR count). The molecule has 0 atom stereocenters. The zero-order valence-corrected chi connectivity index (χ0v) is 16.3. The van der Waals surface area contributed by atoms with Gasteiger partial charge in [0.05, 0.1) is 27.0 Å². The Kier molecular flexibility index (Phi) is 4.87. The summed E-state index contributed by atoms with van der Waals surface area (Å²) in [5.41, 5.74) is 4.16. The number of benzene rings is 2. The van der Waals surface area contributed by atoms with Gasteiger partial charge in [-0.25, -0.2) is 4.98 Å². The quantitative estimate of drug-likeness (QED) is 0.463. The van der Waals surface area contributed by atoms with Crippen LogP contribution in [0.2, 0.25) is 0 Å². The van der Waals surface area contributed by atoms with E-state index in [1.807, 2.05) is 41.8 Å². The summed E-state index contributed by atoms with van der Waals surface area (Å²) in [4.78, 5) is 22.1. The predicted molar refractivity (Wildman–Crippen MR) is 111 cm³/mol. The highest BCUT2D eigenvalue weighted by molar-refractivity contribution is 7.17. The third-order valence-electron chi connectivity index (χ3n) is 4.05. The first-order valence-corrected chi connectivity index (χ1v) is 10.2. The van der Waals surface area contributed by atoms with E-state index in [0.29, 0.717) is 23.5 Å². The van der Waals surface area contributed by atoms with E-state index in [2.05, 4.69) is 16.6 Å². The number of carbonyl (C=O) groups excluding carboxylic acids is 1. The summed E-state index contributed by atoms with van der Waals surface area (Å²) < 4.78 is 9.74. The minimum absolute atomic E-state index is 0.271. The maximum Gasteiger partial charge on any atom is 0.279 e. The molecule has 0 N–H and O–H groups in total. The van der Waals surface area contributed by atoms with E-state index < -0.39 is 0 Å². The highest BCUT2D eigenvalue weighted by Gasteiger charge is 2.13. The van der Waals surface area contributed by atoms with E-state index in [1.165, 1.54) is 22.7 Å². The van der Waals surface area contributed by atoms with Crippen LogP contribution in [0.3, 0.4) is 0 Å². The fraction of sp³-hybridized carbons (Fsp3) is 0.150. The van der Waals surface area contributed by atoms with Gasteiger partial charge in [-0.15, -0.1) is 17.9 Å². The predicted octanol–water partition coefficient (Wildman–Crippen LogP) is 4.64. The molecule has 2 aromatic carbocycles. The molecule has 0 saturated carbocycles. The summed E-state index contributed by atoms with van der Waals surface area (Å²) in [6.07, 6.45) is 1.79. The van der Waals surface area contributed by atoms with Crippen molar-refractivity contribution < 1.29 is 9.53 Å². The number of para-hydroxylation sites is 1. The van der Waals surface area contributed by atoms with Gasteiger partial charge in [0.1, 0.15) is 11.3 Å². The Balaban J connectivity index is 1.86. The fourth-order valence-electron chi connectivity index (χ4n) is 2.89. The van der Waals surface area contributed by atoms with Crippen molar-refractivity contribution in [3.63, 3.8) is 0 Å². The number of ether oxygens (including phenoxy) is 1. The number of fused-ring (bicyclic) bond motifs is 2. The van der Waals surface area contributed by atoms with Gasteiger partial charge in [-0.1, -0.05) is 23.5 Å². The molecule has 0 fully saturated rings. The number of hydrogen-bond acceptors (Lipinski definition) is 5. The fourth-order valence-corrected chi connectivity index (χ4v) is 4.66. The Hall–Kier alpha value is -2.77. The van der Waals surface area contributed by atoms with Crippen molar-refractivity contribution in [2.75, 3.05) is 6.61 Å². The molecule has 4 aromatic rings. The summed E-state index contributed by atoms with van der Waals surface area (Å²) in [5, 5.41) is 0. The molecule has 2 aromatic heterocycles. The third-order valence-corrected chi connectivity index (χ3v) is 5.89. The van der Waals surface area contributed by atoms with Gasteiger partial charge in [0.25, 0.3) is 5.91 Å². The Morgan fingerprint density at radius 3 is 3.04 bits per heavy atom. The van der Waals surface area contributed by atoms with E-state index in [1.54, 1.807) is 17.7 Å². The standard InChI is InChI=1S/C20H17N3O2S2/c1-3-10-23-18-15(25-4-2)6-5-7-16(18)27-20(23)22-19(24)13-8-9-14-17(11-13)26-12-21-14/h3,5-9,11-12H,1,4,10H2,2H3. The monoisotopic (exact) mass is 395 g/mol. The van der Waals surface area contributed by atoms with Crippen LogP contribution < -0.4 is 9.54 Å². The van der Waals surface area contributed by atoms with Crippen molar-refractivity contribution in [3.05, 3.63) is 64.9 Å². The normalized spacial score (nSPS) is 12.0. The van der Waals surface area contributed by atoms with E-state index >= 15 is 0 Å². The summed E-state index contributed by atoms with van der Waals surface area (Å²) in [6.45, 7) is 6.91. The maximum atomic E-state index is 12.8. The molecule has 7 heteroatoms. The second-order valence-corrected chi connectivity index (χ2v) is 7.67. The largest absolute Gasteiger partial charge is 0.492 e. The van der Waals surface area contributed by atoms with E-state index in [-0.39, 0.29) is 5.91 Å². The van der Waals surface area contributed by atoms with Crippen LogP contribution in [-0.4, -0.2) is 22.1 Å². The Morgan fingerprint density at radius 2 is 2.22 bits per heavy atom. The smallest absolute Gasteiger partial charge is 0.279 e. The molecule has 0 unspecified atom stereocenters. The van der Waals surface area contributed by atoms with E-state index in [0.717, 1.165) is 26.2 Å². The van der Waals surface area contributed by atoms with E-state index in [9.17, 15) is 4.79 Å². The average Bonchev–Trinajstić information content (AvgIpc) is 3.27. The molecule has 0 spiro atoms. The van der Waals surface area contributed by atoms with Gasteiger partial charge in [0.2, 0.25) is 0 Å². The first-order valence-electron chi connectivity index (χ1n) is 8.49. The molecule has 0 saturated heterocycles. The Labute approximate surface area is 163 Å². The lowest BCUT2D eigenvalue weighted by Gasteiger charge is -2.07. The van der Waals surface area contributed by atoms with Crippen LogP contribution in [0.25, 0.3) is 20.4 Å². The van der Waals surface area contributed by atoms with Gasteiger partial charge in [-0.2, -0.15) is 4.99 Å². The minimum Gasteiger partial charge on any atom is -0.492 e. The number of carbonyl (C=O) groups is 1. The van der Waals surface area contributed by atoms with Gasteiger partial charge >= 0.3 is 0 Å². The summed E-state index contributed by atoms with van der Waals surface area (Å²) in [7, 11) is 0. The molecule has 27 heavy (non-hydrogen) atoms. The zero-order valence-electron chi connectivity index (χ0n) is 14.7. The number of aromatic nitrogens is 2. The van der Waals surface area contributed by atoms with Crippen molar-refractivity contribution in [1.82, 2.24) is 9.55 Å². The minimum atomic E-state index is -0.271. The highest BCUT2D eigenvalue weighted by atomic mass is 32.1. The molecule has 0 aliphatic rings. The number of amides is 1. The molecule has 0 bridgehead atoms. The third kappa shape index (κ3) is 3.31. The lowest BCUT2D eigenvalue weighted by atomic mass is 10.2. The van der Waals surface area contributed by atoms with Crippen LogP contribution in [0.4, 0.5) is 0 Å². The second-order valence-electron chi connectivity index (χ2n) is 5.77. The molecule has 0 radical (unpaired) electrons. The van der Waals surface area contributed by atoms with Crippen LogP contribution in [0.1, 0.15) is 17.3 Å². The average molecular weight is 396 g/mol. The number of hydrogen-bond donors (Lipinski definition) is 0. The molecule has 2 heterocycles. The van der Waals surface area contributed by atoms with Crippen LogP contribution in [-0.2, 0) is 6.54 Å². The number of rotatable bonds is 5. The Morgan fingerprint density at radius 1 is 1.33 bits per heavy atom. The lowest BCUT2D eigenvalue weighted by Crippen LogP contribution is -2.16. The molecule has 136 valence electrons. The molecule has 0 aliphatic carbocycles.